The first-order valence-electron chi connectivity index (χ1n) is 6.83. The van der Waals surface area contributed by atoms with Crippen LogP contribution in [0.1, 0.15) is 12.5 Å². The van der Waals surface area contributed by atoms with Gasteiger partial charge in [-0.2, -0.15) is 5.10 Å². The molecule has 2 N–H and O–H groups in total. The first kappa shape index (κ1) is 12.1. The van der Waals surface area contributed by atoms with Gasteiger partial charge in [-0.3, -0.25) is 4.68 Å². The van der Waals surface area contributed by atoms with Gasteiger partial charge in [0.05, 0.1) is 18.4 Å². The van der Waals surface area contributed by atoms with Crippen molar-refractivity contribution in [1.29, 1.82) is 0 Å². The minimum absolute atomic E-state index is 0.706. The molecule has 0 saturated carbocycles. The third-order valence-electron chi connectivity index (χ3n) is 3.68. The van der Waals surface area contributed by atoms with E-state index in [2.05, 4.69) is 41.2 Å². The molecule has 1 aliphatic heterocycles. The Balaban J connectivity index is 1.74. The van der Waals surface area contributed by atoms with Crippen LogP contribution < -0.4 is 10.6 Å². The molecule has 0 bridgehead atoms. The van der Waals surface area contributed by atoms with E-state index in [0.29, 0.717) is 5.92 Å². The number of nitrogens with two attached hydrogens (primary N) is 1. The Kier molecular flexibility index (Phi) is 3.15. The second-order valence-electron chi connectivity index (χ2n) is 5.42. The van der Waals surface area contributed by atoms with Crippen LogP contribution in [0.3, 0.4) is 0 Å². The number of para-hydroxylation sites is 1. The fourth-order valence-corrected chi connectivity index (χ4v) is 2.84. The van der Waals surface area contributed by atoms with E-state index >= 15 is 0 Å². The predicted molar refractivity (Wildman–Crippen MR) is 78.2 cm³/mol. The fourth-order valence-electron chi connectivity index (χ4n) is 2.84. The van der Waals surface area contributed by atoms with E-state index < -0.39 is 0 Å². The number of nitrogen functional groups attached to an aromatic ring is 1. The van der Waals surface area contributed by atoms with Gasteiger partial charge in [-0.1, -0.05) is 25.1 Å². The molecule has 4 heteroatoms. The van der Waals surface area contributed by atoms with Gasteiger partial charge in [0.2, 0.25) is 0 Å². The molecule has 2 heterocycles. The van der Waals surface area contributed by atoms with Gasteiger partial charge in [-0.25, -0.2) is 0 Å². The van der Waals surface area contributed by atoms with E-state index in [0.717, 1.165) is 25.3 Å². The summed E-state index contributed by atoms with van der Waals surface area (Å²) >= 11 is 0. The van der Waals surface area contributed by atoms with Gasteiger partial charge in [0.1, 0.15) is 0 Å². The number of hydrogen-bond donors (Lipinski definition) is 1. The summed E-state index contributed by atoms with van der Waals surface area (Å²) in [4.78, 5) is 2.46. The smallest absolute Gasteiger partial charge is 0.0719 e. The summed E-state index contributed by atoms with van der Waals surface area (Å²) in [6.07, 6.45) is 4.77. The Morgan fingerprint density at radius 3 is 2.95 bits per heavy atom. The number of nitrogens with zero attached hydrogens (tertiary/aromatic N) is 3. The van der Waals surface area contributed by atoms with Crippen LogP contribution in [0, 0.1) is 5.92 Å². The molecule has 1 aromatic heterocycles. The number of aromatic nitrogens is 2. The second-order valence-corrected chi connectivity index (χ2v) is 5.42. The quantitative estimate of drug-likeness (QED) is 0.915. The monoisotopic (exact) mass is 256 g/mol. The Labute approximate surface area is 113 Å². The molecule has 0 amide bonds. The molecular formula is C15H20N4. The largest absolute Gasteiger partial charge is 0.396 e. The minimum atomic E-state index is 0.706. The standard InChI is InChI=1S/C15H20N4/c1-12-8-13-4-2-3-5-15(13)18(10-12)6-7-19-11-14(16)9-17-19/h2-5,9,11-12H,6-8,10,16H2,1H3. The van der Waals surface area contributed by atoms with Gasteiger partial charge in [-0.05, 0) is 24.0 Å². The van der Waals surface area contributed by atoms with Crippen molar-refractivity contribution in [3.05, 3.63) is 42.2 Å². The predicted octanol–water partition coefficient (Wildman–Crippen LogP) is 2.16. The first-order chi connectivity index (χ1) is 9.22. The van der Waals surface area contributed by atoms with E-state index in [4.69, 9.17) is 5.73 Å². The minimum Gasteiger partial charge on any atom is -0.396 e. The number of fused-ring (bicyclic) bond motifs is 1. The first-order valence-corrected chi connectivity index (χ1v) is 6.83. The van der Waals surface area contributed by atoms with Gasteiger partial charge in [0.25, 0.3) is 0 Å². The van der Waals surface area contributed by atoms with E-state index in [-0.39, 0.29) is 0 Å². The molecule has 0 fully saturated rings. The highest BCUT2D eigenvalue weighted by atomic mass is 15.3. The van der Waals surface area contributed by atoms with Crippen molar-refractivity contribution in [1.82, 2.24) is 9.78 Å². The molecular weight excluding hydrogens is 236 g/mol. The number of rotatable bonds is 3. The molecule has 1 atom stereocenters. The lowest BCUT2D eigenvalue weighted by Crippen LogP contribution is -2.36. The van der Waals surface area contributed by atoms with Crippen molar-refractivity contribution >= 4 is 11.4 Å². The van der Waals surface area contributed by atoms with Gasteiger partial charge >= 0.3 is 0 Å². The van der Waals surface area contributed by atoms with Crippen LogP contribution in [-0.4, -0.2) is 22.9 Å². The van der Waals surface area contributed by atoms with Crippen LogP contribution in [0.5, 0.6) is 0 Å². The normalized spacial score (nSPS) is 18.4. The third-order valence-corrected chi connectivity index (χ3v) is 3.68. The van der Waals surface area contributed by atoms with E-state index in [1.54, 1.807) is 6.20 Å². The summed E-state index contributed by atoms with van der Waals surface area (Å²) in [5, 5.41) is 4.24. The van der Waals surface area contributed by atoms with Gasteiger partial charge in [0.15, 0.2) is 0 Å². The zero-order chi connectivity index (χ0) is 13.2. The van der Waals surface area contributed by atoms with E-state index in [1.165, 1.54) is 17.7 Å². The van der Waals surface area contributed by atoms with E-state index in [9.17, 15) is 0 Å². The summed E-state index contributed by atoms with van der Waals surface area (Å²) in [7, 11) is 0. The van der Waals surface area contributed by atoms with Crippen LogP contribution in [0.15, 0.2) is 36.7 Å². The molecule has 0 aliphatic carbocycles. The maximum absolute atomic E-state index is 5.69. The summed E-state index contributed by atoms with van der Waals surface area (Å²) < 4.78 is 1.91. The number of hydrogen-bond acceptors (Lipinski definition) is 3. The fraction of sp³-hybridized carbons (Fsp3) is 0.400. The van der Waals surface area contributed by atoms with Gasteiger partial charge in [-0.15, -0.1) is 0 Å². The molecule has 19 heavy (non-hydrogen) atoms. The highest BCUT2D eigenvalue weighted by Gasteiger charge is 2.20. The second kappa shape index (κ2) is 4.96. The Morgan fingerprint density at radius 1 is 1.32 bits per heavy atom. The molecule has 4 nitrogen and oxygen atoms in total. The van der Waals surface area contributed by atoms with Gasteiger partial charge in [0, 0.05) is 25.0 Å². The van der Waals surface area contributed by atoms with Crippen LogP contribution in [-0.2, 0) is 13.0 Å². The molecule has 0 saturated heterocycles. The maximum atomic E-state index is 5.69. The lowest BCUT2D eigenvalue weighted by atomic mass is 9.94. The Bertz CT molecular complexity index is 561. The number of benzene rings is 1. The Hall–Kier alpha value is -1.97. The van der Waals surface area contributed by atoms with Crippen molar-refractivity contribution < 1.29 is 0 Å². The van der Waals surface area contributed by atoms with Crippen molar-refractivity contribution in [2.45, 2.75) is 19.9 Å². The lowest BCUT2D eigenvalue weighted by molar-refractivity contribution is 0.506. The summed E-state index contributed by atoms with van der Waals surface area (Å²) in [5.74, 6) is 0.706. The highest BCUT2D eigenvalue weighted by Crippen LogP contribution is 2.29. The summed E-state index contributed by atoms with van der Waals surface area (Å²) in [6.45, 7) is 5.28. The zero-order valence-electron chi connectivity index (χ0n) is 11.3. The van der Waals surface area contributed by atoms with Crippen molar-refractivity contribution in [3.8, 4) is 0 Å². The van der Waals surface area contributed by atoms with E-state index in [1.807, 2.05) is 10.9 Å². The average molecular weight is 256 g/mol. The average Bonchev–Trinajstić information content (AvgIpc) is 2.81. The zero-order valence-corrected chi connectivity index (χ0v) is 11.3. The van der Waals surface area contributed by atoms with Crippen LogP contribution >= 0.6 is 0 Å². The maximum Gasteiger partial charge on any atom is 0.0719 e. The van der Waals surface area contributed by atoms with Crippen LogP contribution in [0.25, 0.3) is 0 Å². The van der Waals surface area contributed by atoms with Crippen LogP contribution in [0.2, 0.25) is 0 Å². The van der Waals surface area contributed by atoms with Gasteiger partial charge < -0.3 is 10.6 Å². The van der Waals surface area contributed by atoms with Crippen molar-refractivity contribution in [2.75, 3.05) is 23.7 Å². The van der Waals surface area contributed by atoms with Crippen molar-refractivity contribution in [3.63, 3.8) is 0 Å². The SMILES string of the molecule is CC1Cc2ccccc2N(CCn2cc(N)cn2)C1. The molecule has 0 spiro atoms. The molecule has 1 aliphatic rings. The van der Waals surface area contributed by atoms with Crippen LogP contribution in [0.4, 0.5) is 11.4 Å². The molecule has 0 radical (unpaired) electrons. The lowest BCUT2D eigenvalue weighted by Gasteiger charge is -2.34. The molecule has 1 unspecified atom stereocenters. The van der Waals surface area contributed by atoms with Crippen molar-refractivity contribution in [2.24, 2.45) is 5.92 Å². The molecule has 3 rings (SSSR count). The molecule has 1 aromatic carbocycles. The summed E-state index contributed by atoms with van der Waals surface area (Å²) in [6, 6.07) is 8.71. The number of anilines is 2. The topological polar surface area (TPSA) is 47.1 Å². The molecule has 2 aromatic rings. The summed E-state index contributed by atoms with van der Waals surface area (Å²) in [5.41, 5.74) is 9.25. The highest BCUT2D eigenvalue weighted by molar-refractivity contribution is 5.55. The molecule has 100 valence electrons. The Morgan fingerprint density at radius 2 is 2.16 bits per heavy atom. The third kappa shape index (κ3) is 2.57.